The first-order chi connectivity index (χ1) is 11.3. The average Bonchev–Trinajstić information content (AvgIpc) is 3.02. The Kier molecular flexibility index (Phi) is 5.51. The minimum absolute atomic E-state index is 0.0215. The number of nitrogens with one attached hydrogen (secondary N) is 1. The van der Waals surface area contributed by atoms with Crippen molar-refractivity contribution in [2.24, 2.45) is 0 Å². The molecular weight excluding hydrogens is 292 g/mol. The number of hydrogen-bond donors (Lipinski definition) is 1. The van der Waals surface area contributed by atoms with E-state index in [4.69, 9.17) is 9.47 Å². The molecule has 2 amide bonds. The summed E-state index contributed by atoms with van der Waals surface area (Å²) in [5.41, 5.74) is 1.12. The van der Waals surface area contributed by atoms with Crippen LogP contribution in [-0.4, -0.2) is 48.9 Å². The van der Waals surface area contributed by atoms with Crippen LogP contribution in [0.15, 0.2) is 30.3 Å². The van der Waals surface area contributed by atoms with Crippen LogP contribution < -0.4 is 5.32 Å². The number of rotatable bonds is 5. The molecule has 0 spiro atoms. The summed E-state index contributed by atoms with van der Waals surface area (Å²) >= 11 is 0. The Labute approximate surface area is 137 Å². The first-order valence-corrected chi connectivity index (χ1v) is 8.59. The topological polar surface area (TPSA) is 50.8 Å². The van der Waals surface area contributed by atoms with Crippen LogP contribution in [0.25, 0.3) is 0 Å². The number of ether oxygens (including phenoxy) is 2. The molecule has 1 aromatic rings. The molecule has 2 heterocycles. The van der Waals surface area contributed by atoms with Gasteiger partial charge in [0.25, 0.3) is 0 Å². The fourth-order valence-electron chi connectivity index (χ4n) is 3.50. The van der Waals surface area contributed by atoms with Crippen LogP contribution in [0.3, 0.4) is 0 Å². The molecule has 2 aliphatic heterocycles. The zero-order valence-corrected chi connectivity index (χ0v) is 13.7. The number of amides is 2. The van der Waals surface area contributed by atoms with Gasteiger partial charge in [0.2, 0.25) is 0 Å². The molecule has 5 nitrogen and oxygen atoms in total. The molecule has 0 aliphatic carbocycles. The summed E-state index contributed by atoms with van der Waals surface area (Å²) in [7, 11) is 0. The highest BCUT2D eigenvalue weighted by Gasteiger charge is 2.41. The molecule has 2 fully saturated rings. The molecule has 0 bridgehead atoms. The zero-order valence-electron chi connectivity index (χ0n) is 13.7. The summed E-state index contributed by atoms with van der Waals surface area (Å²) in [6, 6.07) is 10.2. The summed E-state index contributed by atoms with van der Waals surface area (Å²) in [5.74, 6) is 0. The lowest BCUT2D eigenvalue weighted by Gasteiger charge is -2.35. The molecule has 0 radical (unpaired) electrons. The average molecular weight is 318 g/mol. The Hall–Kier alpha value is -1.59. The molecule has 5 heteroatoms. The third-order valence-electron chi connectivity index (χ3n) is 4.69. The number of benzene rings is 1. The molecule has 23 heavy (non-hydrogen) atoms. The van der Waals surface area contributed by atoms with Crippen LogP contribution in [0.4, 0.5) is 4.79 Å². The van der Waals surface area contributed by atoms with E-state index in [1.807, 2.05) is 42.2 Å². The molecule has 126 valence electrons. The maximum atomic E-state index is 12.5. The number of hydrogen-bond acceptors (Lipinski definition) is 3. The lowest BCUT2D eigenvalue weighted by atomic mass is 9.99. The van der Waals surface area contributed by atoms with E-state index in [0.717, 1.165) is 38.0 Å². The van der Waals surface area contributed by atoms with Gasteiger partial charge >= 0.3 is 6.03 Å². The van der Waals surface area contributed by atoms with Gasteiger partial charge in [0.1, 0.15) is 0 Å². The number of nitrogens with zero attached hydrogens (tertiary/aromatic N) is 1. The van der Waals surface area contributed by atoms with E-state index < -0.39 is 0 Å². The molecule has 0 saturated carbocycles. The van der Waals surface area contributed by atoms with Crippen LogP contribution in [0, 0.1) is 0 Å². The van der Waals surface area contributed by atoms with E-state index in [9.17, 15) is 4.79 Å². The highest BCUT2D eigenvalue weighted by molar-refractivity contribution is 5.75. The van der Waals surface area contributed by atoms with Gasteiger partial charge in [0.05, 0.1) is 24.9 Å². The number of carbonyl (C=O) groups excluding carboxylic acids is 1. The Morgan fingerprint density at radius 3 is 2.91 bits per heavy atom. The van der Waals surface area contributed by atoms with E-state index in [1.165, 1.54) is 0 Å². The lowest BCUT2D eigenvalue weighted by molar-refractivity contribution is -0.0945. The van der Waals surface area contributed by atoms with Gasteiger partial charge in [0, 0.05) is 19.7 Å². The quantitative estimate of drug-likeness (QED) is 0.908. The standard InChI is InChI=1S/C18H26N2O3/c1-2-22-13-15-8-9-16-17(23-15)10-11-20(16)18(21)19-12-14-6-4-3-5-7-14/h3-7,15-17H,2,8-13H2,1H3,(H,19,21)/t15-,16-,17-/m0/s1. The summed E-state index contributed by atoms with van der Waals surface area (Å²) in [5, 5.41) is 3.03. The van der Waals surface area contributed by atoms with Crippen LogP contribution in [0.5, 0.6) is 0 Å². The van der Waals surface area contributed by atoms with Gasteiger partial charge in [-0.3, -0.25) is 0 Å². The van der Waals surface area contributed by atoms with E-state index in [-0.39, 0.29) is 24.3 Å². The Morgan fingerprint density at radius 2 is 2.13 bits per heavy atom. The van der Waals surface area contributed by atoms with Gasteiger partial charge in [0.15, 0.2) is 0 Å². The molecule has 0 aromatic heterocycles. The van der Waals surface area contributed by atoms with Crippen molar-refractivity contribution in [2.75, 3.05) is 19.8 Å². The molecule has 1 aromatic carbocycles. The molecule has 3 rings (SSSR count). The Balaban J connectivity index is 1.49. The van der Waals surface area contributed by atoms with E-state index in [1.54, 1.807) is 0 Å². The molecule has 2 saturated heterocycles. The van der Waals surface area contributed by atoms with E-state index in [2.05, 4.69) is 5.32 Å². The largest absolute Gasteiger partial charge is 0.379 e. The Bertz CT molecular complexity index is 508. The summed E-state index contributed by atoms with van der Waals surface area (Å²) in [6.07, 6.45) is 3.23. The highest BCUT2D eigenvalue weighted by atomic mass is 16.5. The molecule has 2 aliphatic rings. The van der Waals surface area contributed by atoms with Crippen molar-refractivity contribution in [2.45, 2.75) is 51.0 Å². The summed E-state index contributed by atoms with van der Waals surface area (Å²) < 4.78 is 11.6. The number of likely N-dealkylation sites (tertiary alicyclic amines) is 1. The Morgan fingerprint density at radius 1 is 1.30 bits per heavy atom. The van der Waals surface area contributed by atoms with Gasteiger partial charge in [-0.05, 0) is 31.7 Å². The van der Waals surface area contributed by atoms with Gasteiger partial charge < -0.3 is 19.7 Å². The van der Waals surface area contributed by atoms with Gasteiger partial charge in [-0.2, -0.15) is 0 Å². The maximum absolute atomic E-state index is 12.5. The van der Waals surface area contributed by atoms with E-state index in [0.29, 0.717) is 13.2 Å². The predicted molar refractivity (Wildman–Crippen MR) is 88.2 cm³/mol. The van der Waals surface area contributed by atoms with Crippen LogP contribution in [0.2, 0.25) is 0 Å². The minimum atomic E-state index is 0.0215. The first-order valence-electron chi connectivity index (χ1n) is 8.59. The number of fused-ring (bicyclic) bond motifs is 1. The summed E-state index contributed by atoms with van der Waals surface area (Å²) in [4.78, 5) is 14.4. The number of carbonyl (C=O) groups is 1. The molecule has 3 atom stereocenters. The van der Waals surface area contributed by atoms with Crippen molar-refractivity contribution in [3.8, 4) is 0 Å². The van der Waals surface area contributed by atoms with Crippen molar-refractivity contribution in [1.29, 1.82) is 0 Å². The van der Waals surface area contributed by atoms with Crippen molar-refractivity contribution < 1.29 is 14.3 Å². The van der Waals surface area contributed by atoms with Crippen LogP contribution >= 0.6 is 0 Å². The second-order valence-electron chi connectivity index (χ2n) is 6.23. The fraction of sp³-hybridized carbons (Fsp3) is 0.611. The molecular formula is C18H26N2O3. The smallest absolute Gasteiger partial charge is 0.318 e. The first kappa shape index (κ1) is 16.3. The van der Waals surface area contributed by atoms with Crippen molar-refractivity contribution >= 4 is 6.03 Å². The molecule has 1 N–H and O–H groups in total. The lowest BCUT2D eigenvalue weighted by Crippen LogP contribution is -2.48. The van der Waals surface area contributed by atoms with Crippen molar-refractivity contribution in [3.05, 3.63) is 35.9 Å². The zero-order chi connectivity index (χ0) is 16.1. The van der Waals surface area contributed by atoms with Gasteiger partial charge in [-0.1, -0.05) is 30.3 Å². The summed E-state index contributed by atoms with van der Waals surface area (Å²) in [6.45, 7) is 4.74. The van der Waals surface area contributed by atoms with Gasteiger partial charge in [-0.15, -0.1) is 0 Å². The second kappa shape index (κ2) is 7.79. The van der Waals surface area contributed by atoms with E-state index >= 15 is 0 Å². The normalized spacial score (nSPS) is 26.8. The van der Waals surface area contributed by atoms with Crippen LogP contribution in [0.1, 0.15) is 31.7 Å². The third kappa shape index (κ3) is 4.03. The predicted octanol–water partition coefficient (Wildman–Crippen LogP) is 2.55. The fourth-order valence-corrected chi connectivity index (χ4v) is 3.50. The monoisotopic (exact) mass is 318 g/mol. The van der Waals surface area contributed by atoms with Crippen molar-refractivity contribution in [3.63, 3.8) is 0 Å². The second-order valence-corrected chi connectivity index (χ2v) is 6.23. The maximum Gasteiger partial charge on any atom is 0.318 e. The SMILES string of the molecule is CCOC[C@@H]1CC[C@H]2[C@H](CCN2C(=O)NCc2ccccc2)O1. The molecule has 0 unspecified atom stereocenters. The highest BCUT2D eigenvalue weighted by Crippen LogP contribution is 2.31. The number of urea groups is 1. The van der Waals surface area contributed by atoms with Crippen molar-refractivity contribution in [1.82, 2.24) is 10.2 Å². The van der Waals surface area contributed by atoms with Crippen LogP contribution in [-0.2, 0) is 16.0 Å². The van der Waals surface area contributed by atoms with Gasteiger partial charge in [-0.25, -0.2) is 4.79 Å². The minimum Gasteiger partial charge on any atom is -0.379 e. The third-order valence-corrected chi connectivity index (χ3v) is 4.69.